The van der Waals surface area contributed by atoms with Crippen molar-refractivity contribution in [1.82, 2.24) is 4.98 Å². The molecule has 2 heterocycles. The molecule has 2 aromatic heterocycles. The number of nitrogens with one attached hydrogen (secondary N) is 2. The van der Waals surface area contributed by atoms with Crippen LogP contribution in [0.1, 0.15) is 30.4 Å². The van der Waals surface area contributed by atoms with Crippen LogP contribution < -0.4 is 14.5 Å². The molecule has 0 unspecified atom stereocenters. The largest absolute Gasteiger partial charge is 0.497 e. The number of imidazole rings is 1. The number of carbonyl (C=O) groups is 1. The number of pyridine rings is 1. The Morgan fingerprint density at radius 2 is 1.83 bits per heavy atom. The van der Waals surface area contributed by atoms with Crippen LogP contribution in [-0.2, 0) is 4.79 Å². The highest BCUT2D eigenvalue weighted by molar-refractivity contribution is 5.97. The maximum atomic E-state index is 13.3. The number of methoxy groups -OCH3 is 1. The van der Waals surface area contributed by atoms with Crippen molar-refractivity contribution in [3.63, 3.8) is 0 Å². The number of anilines is 1. The summed E-state index contributed by atoms with van der Waals surface area (Å²) in [6.07, 6.45) is 2.70. The summed E-state index contributed by atoms with van der Waals surface area (Å²) in [6.45, 7) is 4.09. The number of aromatic amines is 1. The molecule has 0 aliphatic rings. The number of aryl methyl sites for hydroxylation is 1. The van der Waals surface area contributed by atoms with Gasteiger partial charge in [-0.05, 0) is 54.8 Å². The number of fused-ring (bicyclic) bond motifs is 1. The highest BCUT2D eigenvalue weighted by atomic mass is 16.5. The van der Waals surface area contributed by atoms with Crippen LogP contribution in [0.5, 0.6) is 5.75 Å². The molecule has 1 amide bonds. The molecule has 30 heavy (non-hydrogen) atoms. The maximum Gasteiger partial charge on any atom is 0.287 e. The van der Waals surface area contributed by atoms with Gasteiger partial charge in [0.15, 0.2) is 5.69 Å². The van der Waals surface area contributed by atoms with Crippen molar-refractivity contribution in [2.75, 3.05) is 12.4 Å². The minimum Gasteiger partial charge on any atom is -0.497 e. The molecule has 2 N–H and O–H groups in total. The van der Waals surface area contributed by atoms with E-state index in [4.69, 9.17) is 4.74 Å². The molecule has 1 atom stereocenters. The van der Waals surface area contributed by atoms with E-state index in [0.717, 1.165) is 46.0 Å². The van der Waals surface area contributed by atoms with Crippen LogP contribution in [-0.4, -0.2) is 18.0 Å². The molecule has 5 nitrogen and oxygen atoms in total. The maximum absolute atomic E-state index is 13.3. The normalized spacial score (nSPS) is 12.0. The lowest BCUT2D eigenvalue weighted by atomic mass is 9.95. The fraction of sp³-hybridized carbons (Fsp3) is 0.200. The molecule has 0 fully saturated rings. The van der Waals surface area contributed by atoms with Crippen LogP contribution in [0.4, 0.5) is 5.82 Å². The predicted molar refractivity (Wildman–Crippen MR) is 119 cm³/mol. The number of benzene rings is 2. The summed E-state index contributed by atoms with van der Waals surface area (Å²) in [5.41, 5.74) is 4.92. The van der Waals surface area contributed by atoms with Gasteiger partial charge in [-0.1, -0.05) is 37.3 Å². The minimum atomic E-state index is -0.217. The Kier molecular flexibility index (Phi) is 5.53. The van der Waals surface area contributed by atoms with Gasteiger partial charge in [-0.15, -0.1) is 0 Å². The first kappa shape index (κ1) is 19.7. The Bertz CT molecular complexity index is 1160. The van der Waals surface area contributed by atoms with Crippen molar-refractivity contribution in [3.8, 4) is 17.0 Å². The van der Waals surface area contributed by atoms with Gasteiger partial charge < -0.3 is 4.74 Å². The van der Waals surface area contributed by atoms with Gasteiger partial charge in [-0.2, -0.15) is 0 Å². The lowest BCUT2D eigenvalue weighted by Gasteiger charge is -2.12. The van der Waals surface area contributed by atoms with E-state index in [-0.39, 0.29) is 11.8 Å². The number of carbonyl (C=O) groups excluding carboxylic acids is 1. The van der Waals surface area contributed by atoms with Gasteiger partial charge in [0, 0.05) is 11.6 Å². The van der Waals surface area contributed by atoms with Gasteiger partial charge in [0.2, 0.25) is 5.65 Å². The molecule has 0 saturated heterocycles. The molecular formula is C25H26N3O2+. The number of hydrogen-bond donors (Lipinski definition) is 2. The van der Waals surface area contributed by atoms with E-state index in [9.17, 15) is 4.79 Å². The zero-order valence-corrected chi connectivity index (χ0v) is 17.5. The molecule has 4 aromatic rings. The standard InChI is InChI=1S/C25H25N3O2/c1-4-21(18-8-6-5-7-9-18)25(29)27-24-23(19-10-12-20(30-3)13-11-19)26-22-16-17(2)14-15-28(22)24/h5-16,21H,4H2,1-3H3,(H,27,29)/p+1/t21-/m1/s1. The summed E-state index contributed by atoms with van der Waals surface area (Å²) >= 11 is 0. The van der Waals surface area contributed by atoms with Crippen molar-refractivity contribution >= 4 is 17.4 Å². The average Bonchev–Trinajstić information content (AvgIpc) is 3.12. The van der Waals surface area contributed by atoms with Crippen LogP contribution in [0.25, 0.3) is 16.9 Å². The SMILES string of the molecule is CC[C@@H](C(=O)Nc1c(-c2ccc(OC)cc2)[nH]c2cc(C)cc[n+]12)c1ccccc1. The first-order valence-corrected chi connectivity index (χ1v) is 10.1. The molecule has 0 saturated carbocycles. The van der Waals surface area contributed by atoms with Gasteiger partial charge in [-0.3, -0.25) is 9.78 Å². The fourth-order valence-electron chi connectivity index (χ4n) is 3.76. The summed E-state index contributed by atoms with van der Waals surface area (Å²) in [5.74, 6) is 1.28. The summed E-state index contributed by atoms with van der Waals surface area (Å²) in [5, 5.41) is 3.19. The van der Waals surface area contributed by atoms with Crippen LogP contribution >= 0.6 is 0 Å². The smallest absolute Gasteiger partial charge is 0.287 e. The van der Waals surface area contributed by atoms with Crippen LogP contribution in [0.3, 0.4) is 0 Å². The van der Waals surface area contributed by atoms with Gasteiger partial charge >= 0.3 is 0 Å². The van der Waals surface area contributed by atoms with Crippen LogP contribution in [0, 0.1) is 6.92 Å². The molecule has 0 aliphatic carbocycles. The summed E-state index contributed by atoms with van der Waals surface area (Å²) in [6, 6.07) is 21.8. The fourth-order valence-corrected chi connectivity index (χ4v) is 3.76. The first-order valence-electron chi connectivity index (χ1n) is 10.1. The van der Waals surface area contributed by atoms with Crippen LogP contribution in [0.2, 0.25) is 0 Å². The van der Waals surface area contributed by atoms with Crippen molar-refractivity contribution < 1.29 is 13.9 Å². The van der Waals surface area contributed by atoms with Gasteiger partial charge in [0.1, 0.15) is 5.75 Å². The number of hydrogen-bond acceptors (Lipinski definition) is 2. The van der Waals surface area contributed by atoms with E-state index in [1.165, 1.54) is 0 Å². The van der Waals surface area contributed by atoms with Gasteiger partial charge in [0.05, 0.1) is 19.2 Å². The number of nitrogens with zero attached hydrogens (tertiary/aromatic N) is 1. The van der Waals surface area contributed by atoms with E-state index in [2.05, 4.69) is 23.3 Å². The quantitative estimate of drug-likeness (QED) is 0.454. The van der Waals surface area contributed by atoms with Crippen molar-refractivity contribution in [1.29, 1.82) is 0 Å². The van der Waals surface area contributed by atoms with E-state index in [1.54, 1.807) is 7.11 Å². The number of amides is 1. The molecule has 4 rings (SSSR count). The highest BCUT2D eigenvalue weighted by Gasteiger charge is 2.27. The van der Waals surface area contributed by atoms with Crippen LogP contribution in [0.15, 0.2) is 72.9 Å². The predicted octanol–water partition coefficient (Wildman–Crippen LogP) is 4.87. The zero-order valence-electron chi connectivity index (χ0n) is 17.5. The molecule has 2 aromatic carbocycles. The second-order valence-electron chi connectivity index (χ2n) is 7.40. The van der Waals surface area contributed by atoms with Gasteiger partial charge in [-0.25, -0.2) is 9.72 Å². The number of ether oxygens (including phenoxy) is 1. The van der Waals surface area contributed by atoms with Gasteiger partial charge in [0.25, 0.3) is 11.7 Å². The molecule has 0 spiro atoms. The van der Waals surface area contributed by atoms with E-state index < -0.39 is 0 Å². The Balaban J connectivity index is 1.77. The van der Waals surface area contributed by atoms with Crippen molar-refractivity contribution in [3.05, 3.63) is 84.1 Å². The number of aromatic nitrogens is 2. The Morgan fingerprint density at radius 1 is 1.10 bits per heavy atom. The minimum absolute atomic E-state index is 0.0209. The third kappa shape index (κ3) is 3.79. The lowest BCUT2D eigenvalue weighted by Crippen LogP contribution is -2.29. The van der Waals surface area contributed by atoms with Crippen molar-refractivity contribution in [2.45, 2.75) is 26.2 Å². The Labute approximate surface area is 176 Å². The Hall–Kier alpha value is -3.60. The van der Waals surface area contributed by atoms with E-state index in [1.807, 2.05) is 78.2 Å². The Morgan fingerprint density at radius 3 is 2.50 bits per heavy atom. The number of H-pyrrole nitrogens is 1. The average molecular weight is 401 g/mol. The molecule has 152 valence electrons. The first-order chi connectivity index (χ1) is 14.6. The third-order valence-electron chi connectivity index (χ3n) is 5.39. The highest BCUT2D eigenvalue weighted by Crippen LogP contribution is 2.29. The summed E-state index contributed by atoms with van der Waals surface area (Å²) < 4.78 is 7.27. The molecule has 0 aliphatic heterocycles. The second-order valence-corrected chi connectivity index (χ2v) is 7.40. The molecular weight excluding hydrogens is 374 g/mol. The van der Waals surface area contributed by atoms with E-state index in [0.29, 0.717) is 0 Å². The topological polar surface area (TPSA) is 58.2 Å². The lowest BCUT2D eigenvalue weighted by molar-refractivity contribution is -0.494. The molecule has 5 heteroatoms. The number of rotatable bonds is 6. The second kappa shape index (κ2) is 8.41. The summed E-state index contributed by atoms with van der Waals surface area (Å²) in [4.78, 5) is 16.7. The van der Waals surface area contributed by atoms with Crippen molar-refractivity contribution in [2.24, 2.45) is 0 Å². The monoisotopic (exact) mass is 400 g/mol. The summed E-state index contributed by atoms with van der Waals surface area (Å²) in [7, 11) is 1.65. The molecule has 0 radical (unpaired) electrons. The molecule has 0 bridgehead atoms. The zero-order chi connectivity index (χ0) is 21.1. The van der Waals surface area contributed by atoms with E-state index >= 15 is 0 Å². The third-order valence-corrected chi connectivity index (χ3v) is 5.39.